The van der Waals surface area contributed by atoms with Gasteiger partial charge in [0.25, 0.3) is 0 Å². The molecule has 0 bridgehead atoms. The zero-order chi connectivity index (χ0) is 26.3. The second kappa shape index (κ2) is 12.0. The molecular formula is C34H38O3. The molecule has 1 atom stereocenters. The summed E-state index contributed by atoms with van der Waals surface area (Å²) in [5, 5.41) is 28.9. The van der Waals surface area contributed by atoms with Gasteiger partial charge in [0.2, 0.25) is 0 Å². The highest BCUT2D eigenvalue weighted by molar-refractivity contribution is 5.43. The zero-order valence-corrected chi connectivity index (χ0v) is 21.9. The highest BCUT2D eigenvalue weighted by atomic mass is 16.3. The highest BCUT2D eigenvalue weighted by Gasteiger charge is 2.24. The number of phenolic OH excluding ortho intramolecular Hbond substituents is 3. The molecule has 0 aliphatic heterocycles. The van der Waals surface area contributed by atoms with Crippen LogP contribution in [0.1, 0.15) is 79.7 Å². The van der Waals surface area contributed by atoms with Crippen LogP contribution in [0.15, 0.2) is 97.1 Å². The molecule has 4 aromatic carbocycles. The normalized spacial score (nSPS) is 12.4. The van der Waals surface area contributed by atoms with Crippen molar-refractivity contribution in [2.45, 2.75) is 63.7 Å². The summed E-state index contributed by atoms with van der Waals surface area (Å²) in [6.07, 6.45) is 6.75. The van der Waals surface area contributed by atoms with Crippen LogP contribution >= 0.6 is 0 Å². The molecule has 3 heteroatoms. The first-order valence-electron chi connectivity index (χ1n) is 13.3. The molecule has 3 nitrogen and oxygen atoms in total. The van der Waals surface area contributed by atoms with E-state index in [-0.39, 0.29) is 17.1 Å². The number of rotatable bonds is 11. The molecule has 192 valence electrons. The lowest BCUT2D eigenvalue weighted by atomic mass is 9.77. The molecule has 0 saturated carbocycles. The average molecular weight is 495 g/mol. The van der Waals surface area contributed by atoms with Gasteiger partial charge in [-0.05, 0) is 83.5 Å². The Bertz CT molecular complexity index is 1240. The van der Waals surface area contributed by atoms with Crippen molar-refractivity contribution in [2.24, 2.45) is 0 Å². The van der Waals surface area contributed by atoms with Gasteiger partial charge in [0.1, 0.15) is 17.2 Å². The van der Waals surface area contributed by atoms with E-state index in [4.69, 9.17) is 0 Å². The minimum absolute atomic E-state index is 0.169. The molecule has 4 rings (SSSR count). The maximum absolute atomic E-state index is 9.81. The van der Waals surface area contributed by atoms with Gasteiger partial charge in [-0.15, -0.1) is 0 Å². The number of hydrogen-bond acceptors (Lipinski definition) is 3. The molecule has 0 saturated heterocycles. The van der Waals surface area contributed by atoms with Gasteiger partial charge in [-0.25, -0.2) is 0 Å². The molecule has 0 fully saturated rings. The first-order chi connectivity index (χ1) is 17.8. The third kappa shape index (κ3) is 6.95. The van der Waals surface area contributed by atoms with Gasteiger partial charge in [-0.1, -0.05) is 93.8 Å². The van der Waals surface area contributed by atoms with Crippen LogP contribution in [0, 0.1) is 0 Å². The molecule has 0 aliphatic rings. The second-order valence-corrected chi connectivity index (χ2v) is 10.6. The number of aryl methyl sites for hydroxylation is 1. The minimum atomic E-state index is -0.169. The fourth-order valence-corrected chi connectivity index (χ4v) is 5.10. The lowest BCUT2D eigenvalue weighted by molar-refractivity contribution is 0.474. The summed E-state index contributed by atoms with van der Waals surface area (Å²) in [6.45, 7) is 4.42. The zero-order valence-electron chi connectivity index (χ0n) is 21.9. The number of benzene rings is 4. The largest absolute Gasteiger partial charge is 0.508 e. The summed E-state index contributed by atoms with van der Waals surface area (Å²) >= 11 is 0. The van der Waals surface area contributed by atoms with Crippen LogP contribution in [0.4, 0.5) is 0 Å². The fraction of sp³-hybridized carbons (Fsp3) is 0.294. The van der Waals surface area contributed by atoms with E-state index >= 15 is 0 Å². The number of unbranched alkanes of at least 4 members (excludes halogenated alkanes) is 3. The summed E-state index contributed by atoms with van der Waals surface area (Å²) in [5.41, 5.74) is 6.03. The van der Waals surface area contributed by atoms with Crippen LogP contribution in [-0.4, -0.2) is 15.3 Å². The highest BCUT2D eigenvalue weighted by Crippen LogP contribution is 2.36. The molecule has 37 heavy (non-hydrogen) atoms. The van der Waals surface area contributed by atoms with Crippen LogP contribution in [0.2, 0.25) is 0 Å². The third-order valence-electron chi connectivity index (χ3n) is 7.56. The van der Waals surface area contributed by atoms with Crippen molar-refractivity contribution >= 4 is 0 Å². The standard InChI is InChI=1S/C34H38O3/c1-34(2,29-17-23-32(37)24-18-29)28-15-11-26(12-16-28)33(27-13-21-31(36)22-14-27)8-6-4-3-5-7-25-9-19-30(35)20-10-25/h9-24,33,35-37H,3-8H2,1-2H3. The summed E-state index contributed by atoms with van der Waals surface area (Å²) < 4.78 is 0. The molecular weight excluding hydrogens is 456 g/mol. The molecule has 0 aliphatic carbocycles. The lowest BCUT2D eigenvalue weighted by Gasteiger charge is -2.27. The van der Waals surface area contributed by atoms with Gasteiger partial charge in [0.05, 0.1) is 0 Å². The maximum Gasteiger partial charge on any atom is 0.115 e. The van der Waals surface area contributed by atoms with E-state index in [9.17, 15) is 15.3 Å². The van der Waals surface area contributed by atoms with E-state index in [1.54, 1.807) is 36.4 Å². The van der Waals surface area contributed by atoms with Gasteiger partial charge in [-0.3, -0.25) is 0 Å². The number of phenols is 3. The Labute approximate surface area is 221 Å². The Kier molecular flexibility index (Phi) is 8.55. The summed E-state index contributed by atoms with van der Waals surface area (Å²) in [4.78, 5) is 0. The molecule has 4 aromatic rings. The topological polar surface area (TPSA) is 60.7 Å². The Morgan fingerprint density at radius 2 is 0.919 bits per heavy atom. The van der Waals surface area contributed by atoms with Crippen molar-refractivity contribution in [1.82, 2.24) is 0 Å². The Morgan fingerprint density at radius 1 is 0.514 bits per heavy atom. The summed E-state index contributed by atoms with van der Waals surface area (Å²) in [5.74, 6) is 1.18. The first kappa shape index (κ1) is 26.3. The predicted octanol–water partition coefficient (Wildman–Crippen LogP) is 8.45. The molecule has 3 N–H and O–H groups in total. The fourth-order valence-electron chi connectivity index (χ4n) is 5.10. The van der Waals surface area contributed by atoms with Crippen molar-refractivity contribution in [2.75, 3.05) is 0 Å². The van der Waals surface area contributed by atoms with Crippen LogP contribution in [0.5, 0.6) is 17.2 Å². The molecule has 0 spiro atoms. The Balaban J connectivity index is 1.41. The number of hydrogen-bond donors (Lipinski definition) is 3. The second-order valence-electron chi connectivity index (χ2n) is 10.6. The van der Waals surface area contributed by atoms with Gasteiger partial charge in [0, 0.05) is 11.3 Å². The van der Waals surface area contributed by atoms with Gasteiger partial charge in [-0.2, -0.15) is 0 Å². The molecule has 0 heterocycles. The van der Waals surface area contributed by atoms with Gasteiger partial charge in [0.15, 0.2) is 0 Å². The van der Waals surface area contributed by atoms with E-state index in [1.165, 1.54) is 40.7 Å². The SMILES string of the molecule is CC(C)(c1ccc(O)cc1)c1ccc(C(CCCCCCc2ccc(O)cc2)c2ccc(O)cc2)cc1. The smallest absolute Gasteiger partial charge is 0.115 e. The average Bonchev–Trinajstić information content (AvgIpc) is 2.90. The van der Waals surface area contributed by atoms with Crippen molar-refractivity contribution in [1.29, 1.82) is 0 Å². The van der Waals surface area contributed by atoms with E-state index < -0.39 is 0 Å². The van der Waals surface area contributed by atoms with Crippen molar-refractivity contribution in [3.63, 3.8) is 0 Å². The van der Waals surface area contributed by atoms with Crippen LogP contribution < -0.4 is 0 Å². The molecule has 1 unspecified atom stereocenters. The van der Waals surface area contributed by atoms with E-state index in [0.29, 0.717) is 11.5 Å². The van der Waals surface area contributed by atoms with Crippen LogP contribution in [-0.2, 0) is 11.8 Å². The quantitative estimate of drug-likeness (QED) is 0.183. The first-order valence-corrected chi connectivity index (χ1v) is 13.3. The van der Waals surface area contributed by atoms with Crippen LogP contribution in [0.3, 0.4) is 0 Å². The Hall–Kier alpha value is -3.72. The molecule has 0 amide bonds. The molecule has 0 aromatic heterocycles. The van der Waals surface area contributed by atoms with Gasteiger partial charge < -0.3 is 15.3 Å². The summed E-state index contributed by atoms with van der Waals surface area (Å²) in [7, 11) is 0. The summed E-state index contributed by atoms with van der Waals surface area (Å²) in [6, 6.07) is 31.6. The van der Waals surface area contributed by atoms with Crippen molar-refractivity contribution in [3.05, 3.63) is 125 Å². The van der Waals surface area contributed by atoms with E-state index in [1.807, 2.05) is 36.4 Å². The maximum atomic E-state index is 9.81. The van der Waals surface area contributed by atoms with E-state index in [2.05, 4.69) is 38.1 Å². The van der Waals surface area contributed by atoms with E-state index in [0.717, 1.165) is 25.7 Å². The van der Waals surface area contributed by atoms with Crippen LogP contribution in [0.25, 0.3) is 0 Å². The monoisotopic (exact) mass is 494 g/mol. The number of aromatic hydroxyl groups is 3. The third-order valence-corrected chi connectivity index (χ3v) is 7.56. The van der Waals surface area contributed by atoms with Gasteiger partial charge >= 0.3 is 0 Å². The lowest BCUT2D eigenvalue weighted by Crippen LogP contribution is -2.18. The van der Waals surface area contributed by atoms with Crippen molar-refractivity contribution in [3.8, 4) is 17.2 Å². The Morgan fingerprint density at radius 3 is 1.46 bits per heavy atom. The molecule has 0 radical (unpaired) electrons. The van der Waals surface area contributed by atoms with Crippen molar-refractivity contribution < 1.29 is 15.3 Å². The minimum Gasteiger partial charge on any atom is -0.508 e. The predicted molar refractivity (Wildman–Crippen MR) is 152 cm³/mol.